The van der Waals surface area contributed by atoms with E-state index in [0.717, 1.165) is 30.4 Å². The second-order valence-electron chi connectivity index (χ2n) is 7.87. The molecule has 5 heteroatoms. The summed E-state index contributed by atoms with van der Waals surface area (Å²) in [5.74, 6) is -0.953. The number of hydrogen-bond acceptors (Lipinski definition) is 4. The number of aryl methyl sites for hydroxylation is 1. The van der Waals surface area contributed by atoms with Crippen molar-refractivity contribution in [2.24, 2.45) is 5.92 Å². The predicted molar refractivity (Wildman–Crippen MR) is 115 cm³/mol. The number of Topliss-reactive ketones (excluding diaryl/α,β-unsaturated/α-hetero) is 1. The van der Waals surface area contributed by atoms with E-state index in [1.165, 1.54) is 0 Å². The molecule has 1 fully saturated rings. The largest absolute Gasteiger partial charge is 0.497 e. The van der Waals surface area contributed by atoms with Gasteiger partial charge >= 0.3 is 0 Å². The molecule has 0 radical (unpaired) electrons. The SMILES string of the molecule is COc1ccc([C@H](CC(=O)c2ccc(C)cc2)[C@H](C#N)C(=O)N2CCCCC2)cc1. The van der Waals surface area contributed by atoms with Crippen molar-refractivity contribution in [3.8, 4) is 11.8 Å². The van der Waals surface area contributed by atoms with Crippen LogP contribution >= 0.6 is 0 Å². The zero-order valence-electron chi connectivity index (χ0n) is 17.6. The van der Waals surface area contributed by atoms with Gasteiger partial charge in [0.05, 0.1) is 13.2 Å². The quantitative estimate of drug-likeness (QED) is 0.637. The van der Waals surface area contributed by atoms with E-state index in [9.17, 15) is 14.9 Å². The first-order valence-corrected chi connectivity index (χ1v) is 10.5. The molecule has 0 unspecified atom stereocenters. The molecule has 1 aliphatic heterocycles. The van der Waals surface area contributed by atoms with Crippen LogP contribution in [0.3, 0.4) is 0 Å². The fourth-order valence-electron chi connectivity index (χ4n) is 3.96. The molecule has 2 atom stereocenters. The van der Waals surface area contributed by atoms with Gasteiger partial charge in [0.2, 0.25) is 5.91 Å². The number of nitrogens with zero attached hydrogens (tertiary/aromatic N) is 2. The first-order chi connectivity index (χ1) is 14.5. The lowest BCUT2D eigenvalue weighted by molar-refractivity contribution is -0.135. The zero-order valence-corrected chi connectivity index (χ0v) is 17.6. The van der Waals surface area contributed by atoms with Gasteiger partial charge in [-0.2, -0.15) is 5.26 Å². The van der Waals surface area contributed by atoms with Crippen LogP contribution in [0.25, 0.3) is 0 Å². The van der Waals surface area contributed by atoms with E-state index in [4.69, 9.17) is 4.74 Å². The first kappa shape index (κ1) is 21.6. The standard InChI is InChI=1S/C25H28N2O3/c1-18-6-8-20(9-7-18)24(28)16-22(19-10-12-21(30-2)13-11-19)23(17-26)25(29)27-14-4-3-5-15-27/h6-13,22-23H,3-5,14-16H2,1-2H3/t22-,23-/m0/s1. The molecule has 0 spiro atoms. The Kier molecular flexibility index (Phi) is 7.24. The Morgan fingerprint density at radius 3 is 2.23 bits per heavy atom. The van der Waals surface area contributed by atoms with Crippen LogP contribution in [-0.4, -0.2) is 36.8 Å². The molecule has 2 aromatic rings. The van der Waals surface area contributed by atoms with Crippen LogP contribution in [0.5, 0.6) is 5.75 Å². The number of carbonyl (C=O) groups is 2. The van der Waals surface area contributed by atoms with Gasteiger partial charge in [-0.3, -0.25) is 9.59 Å². The summed E-state index contributed by atoms with van der Waals surface area (Å²) in [7, 11) is 1.59. The van der Waals surface area contributed by atoms with Gasteiger partial charge < -0.3 is 9.64 Å². The summed E-state index contributed by atoms with van der Waals surface area (Å²) in [5.41, 5.74) is 2.47. The Labute approximate surface area is 178 Å². The number of ether oxygens (including phenoxy) is 1. The van der Waals surface area contributed by atoms with E-state index < -0.39 is 11.8 Å². The van der Waals surface area contributed by atoms with Gasteiger partial charge in [-0.05, 0) is 43.9 Å². The summed E-state index contributed by atoms with van der Waals surface area (Å²) in [6, 6.07) is 16.9. The van der Waals surface area contributed by atoms with Crippen molar-refractivity contribution >= 4 is 11.7 Å². The number of likely N-dealkylation sites (tertiary alicyclic amines) is 1. The summed E-state index contributed by atoms with van der Waals surface area (Å²) < 4.78 is 5.23. The zero-order chi connectivity index (χ0) is 21.5. The van der Waals surface area contributed by atoms with Crippen molar-refractivity contribution in [1.29, 1.82) is 5.26 Å². The Hall–Kier alpha value is -3.13. The Morgan fingerprint density at radius 2 is 1.67 bits per heavy atom. The molecular formula is C25H28N2O3. The topological polar surface area (TPSA) is 70.4 Å². The first-order valence-electron chi connectivity index (χ1n) is 10.5. The fourth-order valence-corrected chi connectivity index (χ4v) is 3.96. The average molecular weight is 405 g/mol. The van der Waals surface area contributed by atoms with E-state index in [1.807, 2.05) is 31.2 Å². The van der Waals surface area contributed by atoms with Crippen molar-refractivity contribution in [2.75, 3.05) is 20.2 Å². The fraction of sp³-hybridized carbons (Fsp3) is 0.400. The van der Waals surface area contributed by atoms with Crippen molar-refractivity contribution in [2.45, 2.75) is 38.5 Å². The molecule has 1 heterocycles. The molecule has 5 nitrogen and oxygen atoms in total. The maximum absolute atomic E-state index is 13.2. The smallest absolute Gasteiger partial charge is 0.240 e. The van der Waals surface area contributed by atoms with Crippen LogP contribution in [0.15, 0.2) is 48.5 Å². The summed E-state index contributed by atoms with van der Waals surface area (Å²) in [4.78, 5) is 28.0. The highest BCUT2D eigenvalue weighted by atomic mass is 16.5. The Balaban J connectivity index is 1.90. The molecule has 1 aliphatic rings. The molecule has 0 saturated carbocycles. The molecule has 156 valence electrons. The summed E-state index contributed by atoms with van der Waals surface area (Å²) in [6.07, 6.45) is 3.13. The second kappa shape index (κ2) is 10.1. The molecule has 1 saturated heterocycles. The van der Waals surface area contributed by atoms with Gasteiger partial charge in [0, 0.05) is 31.0 Å². The normalized spacial score (nSPS) is 15.7. The lowest BCUT2D eigenvalue weighted by Crippen LogP contribution is -2.41. The number of hydrogen-bond donors (Lipinski definition) is 0. The lowest BCUT2D eigenvalue weighted by atomic mass is 9.81. The number of carbonyl (C=O) groups excluding carboxylic acids is 2. The van der Waals surface area contributed by atoms with Crippen LogP contribution in [0.2, 0.25) is 0 Å². The van der Waals surface area contributed by atoms with Crippen LogP contribution in [0.1, 0.15) is 53.1 Å². The third kappa shape index (κ3) is 5.07. The lowest BCUT2D eigenvalue weighted by Gasteiger charge is -2.31. The molecule has 0 aliphatic carbocycles. The highest BCUT2D eigenvalue weighted by Crippen LogP contribution is 2.33. The molecule has 0 aromatic heterocycles. The van der Waals surface area contributed by atoms with Crippen molar-refractivity contribution in [3.05, 3.63) is 65.2 Å². The predicted octanol–water partition coefficient (Wildman–Crippen LogP) is 4.51. The summed E-state index contributed by atoms with van der Waals surface area (Å²) >= 11 is 0. The summed E-state index contributed by atoms with van der Waals surface area (Å²) in [6.45, 7) is 3.33. The molecule has 30 heavy (non-hydrogen) atoms. The Bertz CT molecular complexity index is 907. The molecule has 3 rings (SSSR count). The van der Waals surface area contributed by atoms with E-state index >= 15 is 0 Å². The molecule has 0 bridgehead atoms. The average Bonchev–Trinajstić information content (AvgIpc) is 2.79. The monoisotopic (exact) mass is 404 g/mol. The number of amides is 1. The van der Waals surface area contributed by atoms with Crippen LogP contribution in [0.4, 0.5) is 0 Å². The van der Waals surface area contributed by atoms with Crippen LogP contribution in [0, 0.1) is 24.2 Å². The minimum Gasteiger partial charge on any atom is -0.497 e. The second-order valence-corrected chi connectivity index (χ2v) is 7.87. The van der Waals surface area contributed by atoms with Crippen molar-refractivity contribution in [1.82, 2.24) is 4.90 Å². The van der Waals surface area contributed by atoms with Crippen LogP contribution < -0.4 is 4.74 Å². The van der Waals surface area contributed by atoms with E-state index in [-0.39, 0.29) is 18.1 Å². The number of nitriles is 1. The highest BCUT2D eigenvalue weighted by molar-refractivity contribution is 5.97. The van der Waals surface area contributed by atoms with Gasteiger partial charge in [0.1, 0.15) is 11.7 Å². The molecular weight excluding hydrogens is 376 g/mol. The number of benzene rings is 2. The number of methoxy groups -OCH3 is 1. The minimum atomic E-state index is -0.897. The summed E-state index contributed by atoms with van der Waals surface area (Å²) in [5, 5.41) is 9.95. The Morgan fingerprint density at radius 1 is 1.03 bits per heavy atom. The third-order valence-electron chi connectivity index (χ3n) is 5.80. The van der Waals surface area contributed by atoms with E-state index in [0.29, 0.717) is 24.4 Å². The van der Waals surface area contributed by atoms with E-state index in [2.05, 4.69) is 6.07 Å². The van der Waals surface area contributed by atoms with Crippen molar-refractivity contribution in [3.63, 3.8) is 0 Å². The van der Waals surface area contributed by atoms with E-state index in [1.54, 1.807) is 36.3 Å². The van der Waals surface area contributed by atoms with Gasteiger partial charge in [-0.25, -0.2) is 0 Å². The number of rotatable bonds is 7. The highest BCUT2D eigenvalue weighted by Gasteiger charge is 2.35. The molecule has 1 amide bonds. The van der Waals surface area contributed by atoms with Gasteiger partial charge in [0.15, 0.2) is 5.78 Å². The maximum Gasteiger partial charge on any atom is 0.240 e. The van der Waals surface area contributed by atoms with Gasteiger partial charge in [0.25, 0.3) is 0 Å². The van der Waals surface area contributed by atoms with Crippen molar-refractivity contribution < 1.29 is 14.3 Å². The maximum atomic E-state index is 13.2. The van der Waals surface area contributed by atoms with Crippen LogP contribution in [-0.2, 0) is 4.79 Å². The van der Waals surface area contributed by atoms with Gasteiger partial charge in [-0.15, -0.1) is 0 Å². The number of ketones is 1. The third-order valence-corrected chi connectivity index (χ3v) is 5.80. The number of piperidine rings is 1. The van der Waals surface area contributed by atoms with Gasteiger partial charge in [-0.1, -0.05) is 42.0 Å². The molecule has 0 N–H and O–H groups in total. The molecule has 2 aromatic carbocycles. The minimum absolute atomic E-state index is 0.0671.